The molecule has 2 heterocycles. The van der Waals surface area contributed by atoms with Gasteiger partial charge >= 0.3 is 0 Å². The number of likely N-dealkylation sites (N-methyl/N-ethyl adjacent to an activating group) is 1. The van der Waals surface area contributed by atoms with Crippen LogP contribution < -0.4 is 4.74 Å². The Labute approximate surface area is 173 Å². The van der Waals surface area contributed by atoms with E-state index < -0.39 is 0 Å². The molecule has 2 saturated heterocycles. The van der Waals surface area contributed by atoms with Gasteiger partial charge < -0.3 is 14.5 Å². The van der Waals surface area contributed by atoms with E-state index in [1.54, 1.807) is 0 Å². The molecule has 154 valence electrons. The van der Waals surface area contributed by atoms with E-state index in [-0.39, 0.29) is 17.5 Å². The number of carbonyl (C=O) groups is 2. The van der Waals surface area contributed by atoms with Gasteiger partial charge in [0.25, 0.3) is 5.91 Å². The lowest BCUT2D eigenvalue weighted by Crippen LogP contribution is -2.51. The molecule has 1 atom stereocenters. The van der Waals surface area contributed by atoms with Gasteiger partial charge in [-0.1, -0.05) is 17.7 Å². The van der Waals surface area contributed by atoms with Crippen molar-refractivity contribution in [2.75, 3.05) is 20.2 Å². The summed E-state index contributed by atoms with van der Waals surface area (Å²) >= 11 is 0. The van der Waals surface area contributed by atoms with Crippen LogP contribution in [-0.2, 0) is 9.59 Å². The fourth-order valence-electron chi connectivity index (χ4n) is 4.82. The first-order valence-corrected chi connectivity index (χ1v) is 10.5. The minimum atomic E-state index is -0.0434. The highest BCUT2D eigenvalue weighted by Gasteiger charge is 2.53. The molecular formula is C24H30N2O3. The zero-order valence-electron chi connectivity index (χ0n) is 17.6. The second-order valence-electron chi connectivity index (χ2n) is 8.84. The van der Waals surface area contributed by atoms with Gasteiger partial charge in [0.05, 0.1) is 6.04 Å². The zero-order chi connectivity index (χ0) is 20.6. The van der Waals surface area contributed by atoms with Crippen LogP contribution in [0.3, 0.4) is 0 Å². The Morgan fingerprint density at radius 2 is 1.86 bits per heavy atom. The number of hydrogen-bond donors (Lipinski definition) is 0. The largest absolute Gasteiger partial charge is 0.490 e. The lowest BCUT2D eigenvalue weighted by molar-refractivity contribution is -0.131. The molecule has 1 saturated carbocycles. The molecule has 2 aliphatic heterocycles. The molecule has 1 spiro atoms. The first-order valence-electron chi connectivity index (χ1n) is 10.5. The number of Topliss-reactive ketones (excluding diaryl/α,β-unsaturated/α-hetero) is 1. The van der Waals surface area contributed by atoms with E-state index in [4.69, 9.17) is 4.74 Å². The van der Waals surface area contributed by atoms with Gasteiger partial charge in [-0.05, 0) is 63.0 Å². The van der Waals surface area contributed by atoms with Crippen molar-refractivity contribution in [3.8, 4) is 5.75 Å². The maximum absolute atomic E-state index is 13.1. The molecule has 1 aromatic carbocycles. The minimum Gasteiger partial charge on any atom is -0.490 e. The van der Waals surface area contributed by atoms with Crippen LogP contribution in [0.5, 0.6) is 5.75 Å². The Balaban J connectivity index is 1.57. The van der Waals surface area contributed by atoms with Crippen molar-refractivity contribution >= 4 is 17.8 Å². The Bertz CT molecular complexity index is 855. The normalized spacial score (nSPS) is 24.4. The summed E-state index contributed by atoms with van der Waals surface area (Å²) in [5, 5.41) is 0. The van der Waals surface area contributed by atoms with Crippen molar-refractivity contribution in [1.29, 1.82) is 0 Å². The van der Waals surface area contributed by atoms with Gasteiger partial charge in [0.2, 0.25) is 0 Å². The van der Waals surface area contributed by atoms with Crippen LogP contribution in [0.4, 0.5) is 0 Å². The number of carbonyl (C=O) groups excluding carboxylic acids is 2. The predicted molar refractivity (Wildman–Crippen MR) is 113 cm³/mol. The van der Waals surface area contributed by atoms with E-state index in [1.807, 2.05) is 48.4 Å². The molecule has 1 aromatic rings. The fourth-order valence-corrected chi connectivity index (χ4v) is 4.82. The van der Waals surface area contributed by atoms with Gasteiger partial charge in [-0.3, -0.25) is 9.59 Å². The smallest absolute Gasteiger partial charge is 0.270 e. The number of nitrogens with zero attached hydrogens (tertiary/aromatic N) is 2. The van der Waals surface area contributed by atoms with Crippen molar-refractivity contribution in [3.05, 3.63) is 47.2 Å². The topological polar surface area (TPSA) is 49.9 Å². The molecule has 1 aliphatic carbocycles. The van der Waals surface area contributed by atoms with Gasteiger partial charge in [0.1, 0.15) is 23.8 Å². The zero-order valence-corrected chi connectivity index (χ0v) is 17.6. The lowest BCUT2D eigenvalue weighted by atomic mass is 9.78. The molecule has 0 unspecified atom stereocenters. The molecule has 0 aromatic heterocycles. The maximum atomic E-state index is 13.1. The number of amides is 1. The SMILES string of the molecule is CC(C)=CCOc1ccc(/C=C2/C(=O)N(C)[C@@H]3CN2C2(CCC(=O)CC2)C3)cc1. The number of hydrogen-bond acceptors (Lipinski definition) is 4. The van der Waals surface area contributed by atoms with E-state index in [0.717, 1.165) is 42.8 Å². The van der Waals surface area contributed by atoms with E-state index in [1.165, 1.54) is 5.57 Å². The van der Waals surface area contributed by atoms with Gasteiger partial charge in [0.15, 0.2) is 0 Å². The summed E-state index contributed by atoms with van der Waals surface area (Å²) in [6.45, 7) is 5.53. The quantitative estimate of drug-likeness (QED) is 0.576. The lowest BCUT2D eigenvalue weighted by Gasteiger charge is -2.43. The highest BCUT2D eigenvalue weighted by molar-refractivity contribution is 5.98. The molecule has 29 heavy (non-hydrogen) atoms. The van der Waals surface area contributed by atoms with Gasteiger partial charge in [-0.25, -0.2) is 0 Å². The molecule has 1 amide bonds. The second kappa shape index (κ2) is 7.69. The van der Waals surface area contributed by atoms with Crippen molar-refractivity contribution in [1.82, 2.24) is 9.80 Å². The standard InChI is InChI=1S/C24H30N2O3/c1-17(2)10-13-29-21-6-4-18(5-7-21)14-22-23(28)25(3)19-15-24(26(22)16-19)11-8-20(27)9-12-24/h4-7,10,14,19H,8-9,11-13,15-16H2,1-3H3/b22-14-/t19-/m0/s1. The molecule has 0 radical (unpaired) electrons. The Hall–Kier alpha value is -2.56. The summed E-state index contributed by atoms with van der Waals surface area (Å²) in [6.07, 6.45) is 7.99. The van der Waals surface area contributed by atoms with Gasteiger partial charge in [-0.15, -0.1) is 0 Å². The van der Waals surface area contributed by atoms with Crippen molar-refractivity contribution in [2.24, 2.45) is 0 Å². The van der Waals surface area contributed by atoms with Crippen LogP contribution in [0.1, 0.15) is 51.5 Å². The van der Waals surface area contributed by atoms with Crippen LogP contribution >= 0.6 is 0 Å². The Morgan fingerprint density at radius 1 is 1.17 bits per heavy atom. The number of benzene rings is 1. The van der Waals surface area contributed by atoms with Gasteiger partial charge in [0, 0.05) is 32.0 Å². The number of fused-ring (bicyclic) bond motifs is 3. The third kappa shape index (κ3) is 3.83. The average molecular weight is 395 g/mol. The molecular weight excluding hydrogens is 364 g/mol. The summed E-state index contributed by atoms with van der Waals surface area (Å²) in [7, 11) is 1.91. The number of allylic oxidation sites excluding steroid dienone is 1. The molecule has 3 aliphatic rings. The summed E-state index contributed by atoms with van der Waals surface area (Å²) in [5.41, 5.74) is 2.93. The van der Waals surface area contributed by atoms with E-state index in [2.05, 4.69) is 18.7 Å². The summed E-state index contributed by atoms with van der Waals surface area (Å²) in [4.78, 5) is 29.1. The van der Waals surface area contributed by atoms with E-state index in [9.17, 15) is 9.59 Å². The second-order valence-corrected chi connectivity index (χ2v) is 8.84. The van der Waals surface area contributed by atoms with Crippen LogP contribution in [-0.4, -0.2) is 53.3 Å². The molecule has 3 fully saturated rings. The van der Waals surface area contributed by atoms with Crippen molar-refractivity contribution < 1.29 is 14.3 Å². The van der Waals surface area contributed by atoms with Crippen LogP contribution in [0, 0.1) is 0 Å². The Kier molecular flexibility index (Phi) is 5.24. The van der Waals surface area contributed by atoms with Crippen molar-refractivity contribution in [2.45, 2.75) is 57.5 Å². The average Bonchev–Trinajstić information content (AvgIpc) is 3.03. The fraction of sp³-hybridized carbons (Fsp3) is 0.500. The number of rotatable bonds is 4. The maximum Gasteiger partial charge on any atom is 0.270 e. The summed E-state index contributed by atoms with van der Waals surface area (Å²) in [5.74, 6) is 1.26. The van der Waals surface area contributed by atoms with E-state index in [0.29, 0.717) is 25.2 Å². The molecule has 4 rings (SSSR count). The summed E-state index contributed by atoms with van der Waals surface area (Å²) < 4.78 is 5.73. The highest BCUT2D eigenvalue weighted by Crippen LogP contribution is 2.47. The Morgan fingerprint density at radius 3 is 2.52 bits per heavy atom. The molecule has 2 bridgehead atoms. The predicted octanol–water partition coefficient (Wildman–Crippen LogP) is 3.80. The van der Waals surface area contributed by atoms with E-state index >= 15 is 0 Å². The highest BCUT2D eigenvalue weighted by atomic mass is 16.5. The number of piperazine rings is 1. The van der Waals surface area contributed by atoms with Crippen molar-refractivity contribution in [3.63, 3.8) is 0 Å². The third-order valence-corrected chi connectivity index (χ3v) is 6.62. The third-order valence-electron chi connectivity index (χ3n) is 6.62. The first kappa shape index (κ1) is 19.7. The van der Waals surface area contributed by atoms with Crippen LogP contribution in [0.25, 0.3) is 6.08 Å². The van der Waals surface area contributed by atoms with Gasteiger partial charge in [-0.2, -0.15) is 0 Å². The minimum absolute atomic E-state index is 0.0434. The first-order chi connectivity index (χ1) is 13.9. The molecule has 0 N–H and O–H groups in total. The summed E-state index contributed by atoms with van der Waals surface area (Å²) in [6, 6.07) is 8.14. The molecule has 5 heteroatoms. The molecule has 5 nitrogen and oxygen atoms in total. The van der Waals surface area contributed by atoms with Crippen LogP contribution in [0.2, 0.25) is 0 Å². The monoisotopic (exact) mass is 394 g/mol. The number of ketones is 1. The number of ether oxygens (including phenoxy) is 1. The van der Waals surface area contributed by atoms with Crippen LogP contribution in [0.15, 0.2) is 41.6 Å².